The van der Waals surface area contributed by atoms with Crippen LogP contribution in [0, 0.1) is 5.92 Å². The van der Waals surface area contributed by atoms with Gasteiger partial charge in [-0.3, -0.25) is 0 Å². The molecule has 3 heteroatoms. The van der Waals surface area contributed by atoms with E-state index in [1.54, 1.807) is 14.2 Å². The molecule has 0 saturated carbocycles. The van der Waals surface area contributed by atoms with Gasteiger partial charge in [0.2, 0.25) is 0 Å². The Morgan fingerprint density at radius 3 is 2.47 bits per heavy atom. The third kappa shape index (κ3) is 3.53. The number of methoxy groups -OCH3 is 2. The van der Waals surface area contributed by atoms with Crippen LogP contribution < -0.4 is 9.47 Å². The standard InChI is InChI=1S/C14H21ClO2/c1-5-6-10(2)14(15)12-9-11(16-3)7-8-13(12)17-4/h7-10,14H,5-6H2,1-4H3. The Balaban J connectivity index is 3.00. The molecule has 0 amide bonds. The van der Waals surface area contributed by atoms with Gasteiger partial charge in [-0.15, -0.1) is 11.6 Å². The fourth-order valence-corrected chi connectivity index (χ4v) is 2.26. The molecule has 0 saturated heterocycles. The molecule has 0 aromatic heterocycles. The predicted octanol–water partition coefficient (Wildman–Crippen LogP) is 4.42. The van der Waals surface area contributed by atoms with Gasteiger partial charge in [-0.2, -0.15) is 0 Å². The van der Waals surface area contributed by atoms with Crippen molar-refractivity contribution in [3.05, 3.63) is 23.8 Å². The van der Waals surface area contributed by atoms with Crippen molar-refractivity contribution in [1.82, 2.24) is 0 Å². The van der Waals surface area contributed by atoms with Crippen molar-refractivity contribution in [2.24, 2.45) is 5.92 Å². The summed E-state index contributed by atoms with van der Waals surface area (Å²) in [6.07, 6.45) is 2.24. The first-order valence-electron chi connectivity index (χ1n) is 6.00. The summed E-state index contributed by atoms with van der Waals surface area (Å²) in [6, 6.07) is 5.75. The average molecular weight is 257 g/mol. The highest BCUT2D eigenvalue weighted by Crippen LogP contribution is 2.38. The van der Waals surface area contributed by atoms with E-state index in [2.05, 4.69) is 13.8 Å². The topological polar surface area (TPSA) is 18.5 Å². The Kier molecular flexibility index (Phi) is 5.63. The van der Waals surface area contributed by atoms with E-state index < -0.39 is 0 Å². The Labute approximate surface area is 109 Å². The zero-order chi connectivity index (χ0) is 12.8. The van der Waals surface area contributed by atoms with E-state index in [0.29, 0.717) is 5.92 Å². The molecule has 1 aromatic carbocycles. The van der Waals surface area contributed by atoms with Crippen LogP contribution in [-0.2, 0) is 0 Å². The molecule has 1 rings (SSSR count). The van der Waals surface area contributed by atoms with Crippen LogP contribution in [-0.4, -0.2) is 14.2 Å². The molecule has 1 aromatic rings. The van der Waals surface area contributed by atoms with Gasteiger partial charge in [0.15, 0.2) is 0 Å². The van der Waals surface area contributed by atoms with Crippen LogP contribution in [0.2, 0.25) is 0 Å². The molecule has 0 aliphatic rings. The smallest absolute Gasteiger partial charge is 0.123 e. The molecule has 2 unspecified atom stereocenters. The number of benzene rings is 1. The van der Waals surface area contributed by atoms with Crippen LogP contribution in [0.3, 0.4) is 0 Å². The van der Waals surface area contributed by atoms with Crippen molar-refractivity contribution in [2.75, 3.05) is 14.2 Å². The lowest BCUT2D eigenvalue weighted by Gasteiger charge is -2.20. The summed E-state index contributed by atoms with van der Waals surface area (Å²) in [5, 5.41) is -0.0417. The maximum absolute atomic E-state index is 6.51. The summed E-state index contributed by atoms with van der Waals surface area (Å²) in [7, 11) is 3.32. The van der Waals surface area contributed by atoms with Gasteiger partial charge in [-0.05, 0) is 30.5 Å². The second kappa shape index (κ2) is 6.75. The lowest BCUT2D eigenvalue weighted by atomic mass is 9.95. The number of hydrogen-bond acceptors (Lipinski definition) is 2. The Morgan fingerprint density at radius 2 is 1.94 bits per heavy atom. The van der Waals surface area contributed by atoms with Crippen molar-refractivity contribution in [2.45, 2.75) is 32.1 Å². The zero-order valence-corrected chi connectivity index (χ0v) is 11.8. The van der Waals surface area contributed by atoms with Crippen molar-refractivity contribution in [3.8, 4) is 11.5 Å². The normalized spacial score (nSPS) is 14.2. The molecular weight excluding hydrogens is 236 g/mol. The van der Waals surface area contributed by atoms with Crippen LogP contribution in [0.4, 0.5) is 0 Å². The van der Waals surface area contributed by atoms with Crippen LogP contribution in [0.15, 0.2) is 18.2 Å². The molecule has 0 fully saturated rings. The SMILES string of the molecule is CCCC(C)C(Cl)c1cc(OC)ccc1OC. The zero-order valence-electron chi connectivity index (χ0n) is 11.0. The Hall–Kier alpha value is -0.890. The summed E-state index contributed by atoms with van der Waals surface area (Å²) < 4.78 is 10.6. The highest BCUT2D eigenvalue weighted by Gasteiger charge is 2.20. The highest BCUT2D eigenvalue weighted by molar-refractivity contribution is 6.21. The molecule has 0 radical (unpaired) electrons. The molecule has 0 aliphatic carbocycles. The van der Waals surface area contributed by atoms with Crippen LogP contribution >= 0.6 is 11.6 Å². The molecular formula is C14H21ClO2. The number of ether oxygens (including phenoxy) is 2. The molecule has 0 aliphatic heterocycles. The lowest BCUT2D eigenvalue weighted by Crippen LogP contribution is -2.05. The van der Waals surface area contributed by atoms with Gasteiger partial charge in [0.25, 0.3) is 0 Å². The van der Waals surface area contributed by atoms with Crippen molar-refractivity contribution in [3.63, 3.8) is 0 Å². The van der Waals surface area contributed by atoms with Crippen molar-refractivity contribution < 1.29 is 9.47 Å². The number of rotatable bonds is 6. The molecule has 2 atom stereocenters. The van der Waals surface area contributed by atoms with E-state index in [1.165, 1.54) is 0 Å². The second-order valence-electron chi connectivity index (χ2n) is 4.28. The van der Waals surface area contributed by atoms with Gasteiger partial charge in [0.1, 0.15) is 11.5 Å². The second-order valence-corrected chi connectivity index (χ2v) is 4.75. The minimum atomic E-state index is -0.0417. The number of halogens is 1. The minimum absolute atomic E-state index is 0.0417. The molecule has 2 nitrogen and oxygen atoms in total. The van der Waals surface area contributed by atoms with E-state index in [0.717, 1.165) is 29.9 Å². The quantitative estimate of drug-likeness (QED) is 0.702. The predicted molar refractivity (Wildman–Crippen MR) is 72.2 cm³/mol. The van der Waals surface area contributed by atoms with Gasteiger partial charge in [-0.25, -0.2) is 0 Å². The van der Waals surface area contributed by atoms with Crippen molar-refractivity contribution in [1.29, 1.82) is 0 Å². The maximum Gasteiger partial charge on any atom is 0.123 e. The van der Waals surface area contributed by atoms with Gasteiger partial charge >= 0.3 is 0 Å². The van der Waals surface area contributed by atoms with Gasteiger partial charge in [-0.1, -0.05) is 20.3 Å². The van der Waals surface area contributed by atoms with Crippen LogP contribution in [0.5, 0.6) is 11.5 Å². The van der Waals surface area contributed by atoms with E-state index >= 15 is 0 Å². The van der Waals surface area contributed by atoms with Crippen molar-refractivity contribution >= 4 is 11.6 Å². The first kappa shape index (κ1) is 14.2. The van der Waals surface area contributed by atoms with E-state index in [-0.39, 0.29) is 5.38 Å². The molecule has 0 heterocycles. The summed E-state index contributed by atoms with van der Waals surface area (Å²) in [6.45, 7) is 4.34. The number of hydrogen-bond donors (Lipinski definition) is 0. The van der Waals surface area contributed by atoms with Gasteiger partial charge in [0.05, 0.1) is 19.6 Å². The van der Waals surface area contributed by atoms with Crippen LogP contribution in [0.1, 0.15) is 37.6 Å². The minimum Gasteiger partial charge on any atom is -0.497 e. The van der Waals surface area contributed by atoms with E-state index in [1.807, 2.05) is 18.2 Å². The van der Waals surface area contributed by atoms with Gasteiger partial charge < -0.3 is 9.47 Å². The van der Waals surface area contributed by atoms with E-state index in [9.17, 15) is 0 Å². The van der Waals surface area contributed by atoms with E-state index in [4.69, 9.17) is 21.1 Å². The molecule has 0 bridgehead atoms. The third-order valence-corrected chi connectivity index (χ3v) is 3.64. The van der Waals surface area contributed by atoms with Gasteiger partial charge in [0, 0.05) is 5.56 Å². The molecule has 17 heavy (non-hydrogen) atoms. The largest absolute Gasteiger partial charge is 0.497 e. The first-order valence-corrected chi connectivity index (χ1v) is 6.43. The molecule has 0 N–H and O–H groups in total. The first-order chi connectivity index (χ1) is 8.13. The fourth-order valence-electron chi connectivity index (χ4n) is 1.96. The summed E-state index contributed by atoms with van der Waals surface area (Å²) in [4.78, 5) is 0. The number of alkyl halides is 1. The molecule has 0 spiro atoms. The highest BCUT2D eigenvalue weighted by atomic mass is 35.5. The summed E-state index contributed by atoms with van der Waals surface area (Å²) in [5.41, 5.74) is 1.01. The Morgan fingerprint density at radius 1 is 1.24 bits per heavy atom. The third-order valence-electron chi connectivity index (χ3n) is 2.98. The summed E-state index contributed by atoms with van der Waals surface area (Å²) in [5.74, 6) is 2.06. The Bertz CT molecular complexity index is 352. The summed E-state index contributed by atoms with van der Waals surface area (Å²) >= 11 is 6.51. The maximum atomic E-state index is 6.51. The van der Waals surface area contributed by atoms with Crippen LogP contribution in [0.25, 0.3) is 0 Å². The lowest BCUT2D eigenvalue weighted by molar-refractivity contribution is 0.392. The monoisotopic (exact) mass is 256 g/mol. The molecule has 96 valence electrons. The average Bonchev–Trinajstić information content (AvgIpc) is 2.37. The fraction of sp³-hybridized carbons (Fsp3) is 0.571.